The molecule has 0 atom stereocenters. The zero-order chi connectivity index (χ0) is 27.1. The van der Waals surface area contributed by atoms with Gasteiger partial charge in [0.1, 0.15) is 0 Å². The highest BCUT2D eigenvalue weighted by molar-refractivity contribution is 7.14. The van der Waals surface area contributed by atoms with Gasteiger partial charge >= 0.3 is 0 Å². The number of nitrogens with zero attached hydrogens (tertiary/aromatic N) is 2. The van der Waals surface area contributed by atoms with Gasteiger partial charge in [-0.2, -0.15) is 0 Å². The van der Waals surface area contributed by atoms with E-state index in [-0.39, 0.29) is 5.91 Å². The second kappa shape index (κ2) is 12.8. The normalized spacial score (nSPS) is 13.0. The van der Waals surface area contributed by atoms with Gasteiger partial charge in [-0.15, -0.1) is 11.3 Å². The molecule has 1 amide bonds. The van der Waals surface area contributed by atoms with Crippen LogP contribution in [0.25, 0.3) is 0 Å². The Morgan fingerprint density at radius 2 is 1.55 bits per heavy atom. The largest absolute Gasteiger partial charge is 0.493 e. The van der Waals surface area contributed by atoms with Crippen LogP contribution in [-0.4, -0.2) is 56.4 Å². The Kier molecular flexibility index (Phi) is 9.30. The van der Waals surface area contributed by atoms with Crippen LogP contribution in [0.2, 0.25) is 0 Å². The second-order valence-corrected chi connectivity index (χ2v) is 9.49. The molecule has 0 radical (unpaired) electrons. The van der Waals surface area contributed by atoms with Gasteiger partial charge in [-0.05, 0) is 62.6 Å². The Hall–Kier alpha value is -3.50. The Bertz CT molecular complexity index is 1230. The molecule has 1 aromatic heterocycles. The minimum Gasteiger partial charge on any atom is -0.493 e. The van der Waals surface area contributed by atoms with E-state index in [0.717, 1.165) is 36.7 Å². The zero-order valence-corrected chi connectivity index (χ0v) is 23.4. The average Bonchev–Trinajstić information content (AvgIpc) is 3.36. The lowest BCUT2D eigenvalue weighted by atomic mass is 9.98. The van der Waals surface area contributed by atoms with Gasteiger partial charge in [-0.3, -0.25) is 15.0 Å². The summed E-state index contributed by atoms with van der Waals surface area (Å²) in [5.41, 5.74) is 3.82. The van der Waals surface area contributed by atoms with Gasteiger partial charge in [-0.1, -0.05) is 0 Å². The first-order chi connectivity index (χ1) is 18.5. The zero-order valence-electron chi connectivity index (χ0n) is 22.6. The first-order valence-electron chi connectivity index (χ1n) is 12.8. The molecule has 0 fully saturated rings. The summed E-state index contributed by atoms with van der Waals surface area (Å²) in [4.78, 5) is 20.1. The minimum absolute atomic E-state index is 0.288. The number of carbonyl (C=O) groups is 1. The van der Waals surface area contributed by atoms with Crippen molar-refractivity contribution in [3.8, 4) is 28.7 Å². The number of rotatable bonds is 12. The van der Waals surface area contributed by atoms with Crippen molar-refractivity contribution in [3.05, 3.63) is 52.0 Å². The number of methoxy groups -OCH3 is 2. The van der Waals surface area contributed by atoms with Crippen LogP contribution in [0.1, 0.15) is 48.0 Å². The number of nitrogens with one attached hydrogen (secondary N) is 1. The van der Waals surface area contributed by atoms with Crippen molar-refractivity contribution in [2.45, 2.75) is 40.3 Å². The molecule has 38 heavy (non-hydrogen) atoms. The topological polar surface area (TPSA) is 91.4 Å². The SMILES string of the molecule is CCOc1cc(C(=O)Nc2nc(CN3CCc4cc(OC)c(OC)cc4C3)cs2)cc(OCC)c1OCC. The van der Waals surface area contributed by atoms with Crippen LogP contribution in [0.5, 0.6) is 28.7 Å². The molecule has 0 aliphatic carbocycles. The van der Waals surface area contributed by atoms with Crippen molar-refractivity contribution in [1.29, 1.82) is 0 Å². The van der Waals surface area contributed by atoms with E-state index in [1.54, 1.807) is 26.4 Å². The third-order valence-corrected chi connectivity index (χ3v) is 6.93. The molecule has 1 aliphatic heterocycles. The minimum atomic E-state index is -0.288. The molecule has 0 bridgehead atoms. The van der Waals surface area contributed by atoms with Crippen molar-refractivity contribution >= 4 is 22.4 Å². The van der Waals surface area contributed by atoms with Crippen LogP contribution in [0, 0.1) is 0 Å². The van der Waals surface area contributed by atoms with Crippen LogP contribution in [0.4, 0.5) is 5.13 Å². The highest BCUT2D eigenvalue weighted by Gasteiger charge is 2.22. The van der Waals surface area contributed by atoms with Crippen molar-refractivity contribution in [2.24, 2.45) is 0 Å². The fourth-order valence-electron chi connectivity index (χ4n) is 4.43. The van der Waals surface area contributed by atoms with Gasteiger partial charge in [0.25, 0.3) is 5.91 Å². The first kappa shape index (κ1) is 27.5. The van der Waals surface area contributed by atoms with E-state index < -0.39 is 0 Å². The van der Waals surface area contributed by atoms with Gasteiger partial charge < -0.3 is 23.7 Å². The number of carbonyl (C=O) groups excluding carboxylic acids is 1. The molecule has 1 aliphatic rings. The van der Waals surface area contributed by atoms with Gasteiger partial charge in [0, 0.05) is 30.6 Å². The number of amides is 1. The number of fused-ring (bicyclic) bond motifs is 1. The van der Waals surface area contributed by atoms with Crippen LogP contribution < -0.4 is 29.0 Å². The Labute approximate surface area is 227 Å². The Morgan fingerprint density at radius 3 is 2.16 bits per heavy atom. The number of benzene rings is 2. The summed E-state index contributed by atoms with van der Waals surface area (Å²) < 4.78 is 28.1. The number of anilines is 1. The van der Waals surface area contributed by atoms with E-state index >= 15 is 0 Å². The molecule has 0 saturated heterocycles. The van der Waals surface area contributed by atoms with Crippen LogP contribution in [-0.2, 0) is 19.5 Å². The van der Waals surface area contributed by atoms with E-state index in [4.69, 9.17) is 23.7 Å². The van der Waals surface area contributed by atoms with Gasteiger partial charge in [0.15, 0.2) is 28.1 Å². The summed E-state index contributed by atoms with van der Waals surface area (Å²) in [6.45, 7) is 9.38. The maximum Gasteiger partial charge on any atom is 0.257 e. The van der Waals surface area contributed by atoms with Gasteiger partial charge in [0.2, 0.25) is 5.75 Å². The second-order valence-electron chi connectivity index (χ2n) is 8.64. The maximum absolute atomic E-state index is 13.1. The molecular formula is C28H35N3O6S. The molecule has 2 aromatic carbocycles. The lowest BCUT2D eigenvalue weighted by Gasteiger charge is -2.29. The maximum atomic E-state index is 13.1. The molecule has 0 unspecified atom stereocenters. The van der Waals surface area contributed by atoms with Crippen molar-refractivity contribution in [3.63, 3.8) is 0 Å². The lowest BCUT2D eigenvalue weighted by Crippen LogP contribution is -2.30. The summed E-state index contributed by atoms with van der Waals surface area (Å²) in [5.74, 6) is 2.66. The van der Waals surface area contributed by atoms with E-state index in [1.807, 2.05) is 26.2 Å². The van der Waals surface area contributed by atoms with Crippen molar-refractivity contribution in [2.75, 3.05) is 45.9 Å². The number of thiazole rings is 1. The van der Waals surface area contributed by atoms with Crippen LogP contribution in [0.15, 0.2) is 29.6 Å². The highest BCUT2D eigenvalue weighted by atomic mass is 32.1. The summed E-state index contributed by atoms with van der Waals surface area (Å²) in [6, 6.07) is 7.47. The number of hydrogen-bond acceptors (Lipinski definition) is 9. The van der Waals surface area contributed by atoms with Gasteiger partial charge in [-0.25, -0.2) is 4.98 Å². The predicted octanol–water partition coefficient (Wildman–Crippen LogP) is 5.17. The van der Waals surface area contributed by atoms with E-state index in [1.165, 1.54) is 22.5 Å². The third kappa shape index (κ3) is 6.31. The molecule has 1 N–H and O–H groups in total. The third-order valence-electron chi connectivity index (χ3n) is 6.13. The molecule has 3 aromatic rings. The molecular weight excluding hydrogens is 506 g/mol. The molecule has 9 nitrogen and oxygen atoms in total. The van der Waals surface area contributed by atoms with E-state index in [0.29, 0.717) is 54.3 Å². The lowest BCUT2D eigenvalue weighted by molar-refractivity contribution is 0.102. The molecule has 204 valence electrons. The fraction of sp³-hybridized carbons (Fsp3) is 0.429. The quantitative estimate of drug-likeness (QED) is 0.336. The standard InChI is InChI=1S/C28H35N3O6S/c1-6-35-24-12-19(13-25(36-7-2)26(24)37-8-3)27(32)30-28-29-21(17-38-28)16-31-10-9-18-11-22(33-4)23(34-5)14-20(18)15-31/h11-14,17H,6-10,15-16H2,1-5H3,(H,29,30,32). The molecule has 0 saturated carbocycles. The Balaban J connectivity index is 1.44. The monoisotopic (exact) mass is 541 g/mol. The number of hydrogen-bond donors (Lipinski definition) is 1. The van der Waals surface area contributed by atoms with E-state index in [9.17, 15) is 4.79 Å². The van der Waals surface area contributed by atoms with Crippen molar-refractivity contribution in [1.82, 2.24) is 9.88 Å². The summed E-state index contributed by atoms with van der Waals surface area (Å²) in [5, 5.41) is 5.44. The van der Waals surface area contributed by atoms with Crippen molar-refractivity contribution < 1.29 is 28.5 Å². The highest BCUT2D eigenvalue weighted by Crippen LogP contribution is 2.39. The molecule has 2 heterocycles. The predicted molar refractivity (Wildman–Crippen MR) is 147 cm³/mol. The fourth-order valence-corrected chi connectivity index (χ4v) is 5.13. The number of aromatic nitrogens is 1. The smallest absolute Gasteiger partial charge is 0.257 e. The van der Waals surface area contributed by atoms with Gasteiger partial charge in [0.05, 0.1) is 39.7 Å². The molecule has 4 rings (SSSR count). The number of ether oxygens (including phenoxy) is 5. The van der Waals surface area contributed by atoms with Crippen LogP contribution >= 0.6 is 11.3 Å². The van der Waals surface area contributed by atoms with Crippen LogP contribution in [0.3, 0.4) is 0 Å². The molecule has 0 spiro atoms. The van der Waals surface area contributed by atoms with E-state index in [2.05, 4.69) is 27.3 Å². The Morgan fingerprint density at radius 1 is 0.921 bits per heavy atom. The summed E-state index contributed by atoms with van der Waals surface area (Å²) in [6.07, 6.45) is 0.922. The first-order valence-corrected chi connectivity index (χ1v) is 13.7. The average molecular weight is 542 g/mol. The summed E-state index contributed by atoms with van der Waals surface area (Å²) >= 11 is 1.40. The molecule has 10 heteroatoms. The summed E-state index contributed by atoms with van der Waals surface area (Å²) in [7, 11) is 3.31.